The van der Waals surface area contributed by atoms with Crippen LogP contribution in [0.5, 0.6) is 5.75 Å². The second-order valence-corrected chi connectivity index (χ2v) is 7.17. The number of piperidine rings is 1. The molecule has 2 aliphatic heterocycles. The maximum Gasteiger partial charge on any atom is 0.303 e. The van der Waals surface area contributed by atoms with E-state index < -0.39 is 5.97 Å². The molecule has 2 aliphatic rings. The van der Waals surface area contributed by atoms with E-state index in [9.17, 15) is 9.59 Å². The number of carbonyl (C=O) groups excluding carboxylic acids is 1. The number of carbonyl (C=O) groups is 2. The summed E-state index contributed by atoms with van der Waals surface area (Å²) in [5.74, 6) is 0.172. The van der Waals surface area contributed by atoms with E-state index in [1.54, 1.807) is 6.07 Å². The van der Waals surface area contributed by atoms with Gasteiger partial charge in [-0.3, -0.25) is 9.59 Å². The van der Waals surface area contributed by atoms with Gasteiger partial charge in [0.1, 0.15) is 12.4 Å². The number of likely N-dealkylation sites (tertiary alicyclic amines) is 1. The number of aliphatic carboxylic acids is 1. The molecule has 3 rings (SSSR count). The van der Waals surface area contributed by atoms with Gasteiger partial charge in [-0.2, -0.15) is 0 Å². The first-order valence-corrected chi connectivity index (χ1v) is 9.47. The molecule has 142 valence electrons. The van der Waals surface area contributed by atoms with Crippen LogP contribution in [-0.4, -0.2) is 54.3 Å². The summed E-state index contributed by atoms with van der Waals surface area (Å²) in [6.45, 7) is 2.67. The number of hydrogen-bond acceptors (Lipinski definition) is 4. The van der Waals surface area contributed by atoms with Crippen LogP contribution in [0.3, 0.4) is 0 Å². The van der Waals surface area contributed by atoms with Crippen molar-refractivity contribution in [3.8, 4) is 5.75 Å². The third-order valence-electron chi connectivity index (χ3n) is 5.11. The summed E-state index contributed by atoms with van der Waals surface area (Å²) in [6.07, 6.45) is 4.94. The van der Waals surface area contributed by atoms with Crippen LogP contribution in [0.1, 0.15) is 48.9 Å². The Morgan fingerprint density at radius 2 is 2.15 bits per heavy atom. The highest BCUT2D eigenvalue weighted by Crippen LogP contribution is 2.24. The van der Waals surface area contributed by atoms with Crippen molar-refractivity contribution in [2.45, 2.75) is 44.6 Å². The summed E-state index contributed by atoms with van der Waals surface area (Å²) < 4.78 is 11.4. The summed E-state index contributed by atoms with van der Waals surface area (Å²) in [5.41, 5.74) is 0.619. The number of amides is 1. The van der Waals surface area contributed by atoms with E-state index in [-0.39, 0.29) is 24.3 Å². The Bertz CT molecular complexity index is 626. The summed E-state index contributed by atoms with van der Waals surface area (Å²) >= 11 is 0. The average molecular weight is 361 g/mol. The van der Waals surface area contributed by atoms with Crippen LogP contribution in [0, 0.1) is 5.92 Å². The van der Waals surface area contributed by atoms with Crippen molar-refractivity contribution in [2.24, 2.45) is 5.92 Å². The number of benzene rings is 1. The van der Waals surface area contributed by atoms with E-state index in [1.165, 1.54) is 0 Å². The molecule has 2 heterocycles. The van der Waals surface area contributed by atoms with Gasteiger partial charge in [-0.25, -0.2) is 0 Å². The SMILES string of the molecule is O=C(O)CCC1CCCN(C(=O)c2cccc(OCC3CCCO3)c2)C1. The predicted octanol–water partition coefficient (Wildman–Crippen LogP) is 2.96. The van der Waals surface area contributed by atoms with Crippen LogP contribution in [-0.2, 0) is 9.53 Å². The first kappa shape index (κ1) is 18.7. The lowest BCUT2D eigenvalue weighted by Crippen LogP contribution is -2.40. The molecule has 2 unspecified atom stereocenters. The molecule has 2 saturated heterocycles. The summed E-state index contributed by atoms with van der Waals surface area (Å²) in [5, 5.41) is 8.85. The van der Waals surface area contributed by atoms with Crippen LogP contribution in [0.25, 0.3) is 0 Å². The maximum atomic E-state index is 12.8. The summed E-state index contributed by atoms with van der Waals surface area (Å²) in [7, 11) is 0. The molecule has 6 nitrogen and oxygen atoms in total. The van der Waals surface area contributed by atoms with E-state index in [1.807, 2.05) is 23.1 Å². The van der Waals surface area contributed by atoms with E-state index >= 15 is 0 Å². The van der Waals surface area contributed by atoms with Crippen molar-refractivity contribution < 1.29 is 24.2 Å². The Kier molecular flexibility index (Phi) is 6.50. The lowest BCUT2D eigenvalue weighted by Gasteiger charge is -2.32. The van der Waals surface area contributed by atoms with Gasteiger partial charge >= 0.3 is 5.97 Å². The fraction of sp³-hybridized carbons (Fsp3) is 0.600. The second kappa shape index (κ2) is 9.03. The molecular weight excluding hydrogens is 334 g/mol. The van der Waals surface area contributed by atoms with Gasteiger partial charge in [-0.15, -0.1) is 0 Å². The van der Waals surface area contributed by atoms with E-state index in [2.05, 4.69) is 0 Å². The van der Waals surface area contributed by atoms with Crippen molar-refractivity contribution in [1.82, 2.24) is 4.90 Å². The molecular formula is C20H27NO5. The Labute approximate surface area is 154 Å². The number of carboxylic acids is 1. The largest absolute Gasteiger partial charge is 0.491 e. The average Bonchev–Trinajstić information content (AvgIpc) is 3.18. The molecule has 0 bridgehead atoms. The van der Waals surface area contributed by atoms with Crippen LogP contribution < -0.4 is 4.74 Å². The number of rotatable bonds is 7. The smallest absolute Gasteiger partial charge is 0.303 e. The van der Waals surface area contributed by atoms with Gasteiger partial charge in [-0.1, -0.05) is 6.07 Å². The van der Waals surface area contributed by atoms with Gasteiger partial charge in [0.05, 0.1) is 6.10 Å². The molecule has 2 fully saturated rings. The number of ether oxygens (including phenoxy) is 2. The predicted molar refractivity (Wildman–Crippen MR) is 96.4 cm³/mol. The fourth-order valence-electron chi connectivity index (χ4n) is 3.68. The van der Waals surface area contributed by atoms with Gasteiger partial charge in [0.2, 0.25) is 0 Å². The highest BCUT2D eigenvalue weighted by atomic mass is 16.5. The highest BCUT2D eigenvalue weighted by Gasteiger charge is 2.25. The lowest BCUT2D eigenvalue weighted by atomic mass is 9.93. The van der Waals surface area contributed by atoms with Crippen molar-refractivity contribution in [3.05, 3.63) is 29.8 Å². The van der Waals surface area contributed by atoms with Gasteiger partial charge < -0.3 is 19.5 Å². The molecule has 0 spiro atoms. The molecule has 1 amide bonds. The molecule has 2 atom stereocenters. The van der Waals surface area contributed by atoms with Crippen molar-refractivity contribution in [3.63, 3.8) is 0 Å². The van der Waals surface area contributed by atoms with Crippen LogP contribution in [0.15, 0.2) is 24.3 Å². The molecule has 0 aliphatic carbocycles. The zero-order valence-electron chi connectivity index (χ0n) is 15.1. The fourth-order valence-corrected chi connectivity index (χ4v) is 3.68. The van der Waals surface area contributed by atoms with Crippen molar-refractivity contribution in [2.75, 3.05) is 26.3 Å². The Morgan fingerprint density at radius 3 is 2.92 bits per heavy atom. The number of carboxylic acid groups (broad SMARTS) is 1. The molecule has 1 aromatic carbocycles. The topological polar surface area (TPSA) is 76.1 Å². The highest BCUT2D eigenvalue weighted by molar-refractivity contribution is 5.94. The third kappa shape index (κ3) is 5.21. The third-order valence-corrected chi connectivity index (χ3v) is 5.11. The van der Waals surface area contributed by atoms with Gasteiger partial charge in [0, 0.05) is 31.7 Å². The quantitative estimate of drug-likeness (QED) is 0.808. The molecule has 6 heteroatoms. The normalized spacial score (nSPS) is 23.0. The van der Waals surface area contributed by atoms with Gasteiger partial charge in [-0.05, 0) is 56.2 Å². The molecule has 1 N–H and O–H groups in total. The number of hydrogen-bond donors (Lipinski definition) is 1. The zero-order chi connectivity index (χ0) is 18.4. The van der Waals surface area contributed by atoms with Crippen LogP contribution in [0.4, 0.5) is 0 Å². The Hall–Kier alpha value is -2.08. The van der Waals surface area contributed by atoms with Gasteiger partial charge in [0.15, 0.2) is 0 Å². The van der Waals surface area contributed by atoms with Crippen molar-refractivity contribution in [1.29, 1.82) is 0 Å². The zero-order valence-corrected chi connectivity index (χ0v) is 15.1. The number of nitrogens with zero attached hydrogens (tertiary/aromatic N) is 1. The van der Waals surface area contributed by atoms with E-state index in [0.29, 0.717) is 30.9 Å². The minimum atomic E-state index is -0.774. The van der Waals surface area contributed by atoms with Gasteiger partial charge in [0.25, 0.3) is 5.91 Å². The standard InChI is InChI=1S/C20H27NO5/c22-19(23)9-8-15-4-2-10-21(13-15)20(24)16-5-1-6-17(12-16)26-14-18-7-3-11-25-18/h1,5-6,12,15,18H,2-4,7-11,13-14H2,(H,22,23). The Morgan fingerprint density at radius 1 is 1.27 bits per heavy atom. The Balaban J connectivity index is 1.56. The van der Waals surface area contributed by atoms with E-state index in [4.69, 9.17) is 14.6 Å². The molecule has 0 saturated carbocycles. The lowest BCUT2D eigenvalue weighted by molar-refractivity contribution is -0.137. The monoisotopic (exact) mass is 361 g/mol. The van der Waals surface area contributed by atoms with E-state index in [0.717, 1.165) is 38.8 Å². The van der Waals surface area contributed by atoms with Crippen molar-refractivity contribution >= 4 is 11.9 Å². The minimum absolute atomic E-state index is 0.00686. The van der Waals surface area contributed by atoms with Crippen LogP contribution in [0.2, 0.25) is 0 Å². The maximum absolute atomic E-state index is 12.8. The molecule has 0 aromatic heterocycles. The molecule has 26 heavy (non-hydrogen) atoms. The summed E-state index contributed by atoms with van der Waals surface area (Å²) in [4.78, 5) is 25.4. The second-order valence-electron chi connectivity index (χ2n) is 7.17. The summed E-state index contributed by atoms with van der Waals surface area (Å²) in [6, 6.07) is 7.29. The van der Waals surface area contributed by atoms with Crippen LogP contribution >= 0.6 is 0 Å². The first-order chi connectivity index (χ1) is 12.6. The first-order valence-electron chi connectivity index (χ1n) is 9.47. The molecule has 0 radical (unpaired) electrons. The minimum Gasteiger partial charge on any atom is -0.491 e. The molecule has 1 aromatic rings.